The van der Waals surface area contributed by atoms with Crippen LogP contribution in [0.1, 0.15) is 11.1 Å². The van der Waals surface area contributed by atoms with E-state index in [0.717, 1.165) is 5.56 Å². The third kappa shape index (κ3) is 2.81. The summed E-state index contributed by atoms with van der Waals surface area (Å²) in [5, 5.41) is 49.8. The van der Waals surface area contributed by atoms with E-state index in [-0.39, 0.29) is 17.9 Å². The largest absolute Gasteiger partial charge is 0.508 e. The first-order chi connectivity index (χ1) is 9.93. The molecule has 6 heteroatoms. The SMILES string of the molecule is C=CCc1ccc(O)c([C@@]2(O)CO[C@H](CO)[C@@H](O)[C@@H]2O)c1. The van der Waals surface area contributed by atoms with Crippen LogP contribution in [0.2, 0.25) is 0 Å². The van der Waals surface area contributed by atoms with Crippen molar-refractivity contribution in [1.29, 1.82) is 0 Å². The first-order valence-corrected chi connectivity index (χ1v) is 6.68. The van der Waals surface area contributed by atoms with Gasteiger partial charge < -0.3 is 30.3 Å². The summed E-state index contributed by atoms with van der Waals surface area (Å²) in [6, 6.07) is 4.62. The van der Waals surface area contributed by atoms with E-state index < -0.39 is 30.5 Å². The highest BCUT2D eigenvalue weighted by Gasteiger charge is 2.50. The number of ether oxygens (including phenoxy) is 1. The zero-order valence-electron chi connectivity index (χ0n) is 11.5. The minimum Gasteiger partial charge on any atom is -0.508 e. The van der Waals surface area contributed by atoms with Crippen LogP contribution in [0.25, 0.3) is 0 Å². The Bertz CT molecular complexity index is 517. The Kier molecular flexibility index (Phi) is 4.65. The summed E-state index contributed by atoms with van der Waals surface area (Å²) in [6.45, 7) is 2.80. The molecule has 2 rings (SSSR count). The van der Waals surface area contributed by atoms with Gasteiger partial charge in [-0.25, -0.2) is 0 Å². The average Bonchev–Trinajstić information content (AvgIpc) is 2.47. The van der Waals surface area contributed by atoms with Gasteiger partial charge in [0.1, 0.15) is 29.7 Å². The molecule has 0 aromatic heterocycles. The van der Waals surface area contributed by atoms with Crippen LogP contribution in [0.5, 0.6) is 5.75 Å². The lowest BCUT2D eigenvalue weighted by Crippen LogP contribution is -2.60. The molecule has 0 amide bonds. The molecule has 1 fully saturated rings. The zero-order valence-corrected chi connectivity index (χ0v) is 11.5. The van der Waals surface area contributed by atoms with Gasteiger partial charge in [0.2, 0.25) is 0 Å². The zero-order chi connectivity index (χ0) is 15.6. The summed E-state index contributed by atoms with van der Waals surface area (Å²) >= 11 is 0. The van der Waals surface area contributed by atoms with Crippen molar-refractivity contribution in [3.8, 4) is 5.75 Å². The number of hydrogen-bond donors (Lipinski definition) is 5. The Hall–Kier alpha value is -1.44. The van der Waals surface area contributed by atoms with Crippen LogP contribution in [0, 0.1) is 0 Å². The predicted octanol–water partition coefficient (Wildman–Crippen LogP) is -0.579. The highest BCUT2D eigenvalue weighted by atomic mass is 16.5. The first-order valence-electron chi connectivity index (χ1n) is 6.68. The molecule has 1 aromatic rings. The molecule has 1 aliphatic heterocycles. The third-order valence-electron chi connectivity index (χ3n) is 3.80. The molecule has 1 heterocycles. The minimum atomic E-state index is -1.95. The Morgan fingerprint density at radius 3 is 2.71 bits per heavy atom. The normalized spacial score (nSPS) is 32.9. The van der Waals surface area contributed by atoms with Crippen molar-refractivity contribution >= 4 is 0 Å². The van der Waals surface area contributed by atoms with E-state index >= 15 is 0 Å². The molecule has 1 saturated heterocycles. The molecule has 0 unspecified atom stereocenters. The highest BCUT2D eigenvalue weighted by molar-refractivity contribution is 5.42. The second-order valence-electron chi connectivity index (χ2n) is 5.24. The maximum absolute atomic E-state index is 10.7. The van der Waals surface area contributed by atoms with Gasteiger partial charge in [0, 0.05) is 5.56 Å². The van der Waals surface area contributed by atoms with Crippen molar-refractivity contribution in [2.45, 2.75) is 30.3 Å². The molecular formula is C15H20O6. The quantitative estimate of drug-likeness (QED) is 0.476. The lowest BCUT2D eigenvalue weighted by Gasteiger charge is -2.43. The lowest BCUT2D eigenvalue weighted by molar-refractivity contribution is -0.245. The molecule has 0 spiro atoms. The molecule has 0 saturated carbocycles. The second kappa shape index (κ2) is 6.13. The van der Waals surface area contributed by atoms with Crippen LogP contribution < -0.4 is 0 Å². The summed E-state index contributed by atoms with van der Waals surface area (Å²) < 4.78 is 5.19. The van der Waals surface area contributed by atoms with E-state index in [4.69, 9.17) is 9.84 Å². The van der Waals surface area contributed by atoms with Crippen LogP contribution in [0.4, 0.5) is 0 Å². The fourth-order valence-corrected chi connectivity index (χ4v) is 2.53. The standard InChI is InChI=1S/C15H20O6/c1-2-3-9-4-5-11(17)10(6-9)15(20)8-21-12(7-16)13(18)14(15)19/h2,4-6,12-14,16-20H,1,3,7-8H2/t12-,13-,14+,15+/m1/s1. The molecule has 0 radical (unpaired) electrons. The van der Waals surface area contributed by atoms with Crippen LogP contribution in [0.15, 0.2) is 30.9 Å². The maximum atomic E-state index is 10.7. The number of aliphatic hydroxyl groups is 4. The van der Waals surface area contributed by atoms with Gasteiger partial charge in [0.05, 0.1) is 13.2 Å². The highest BCUT2D eigenvalue weighted by Crippen LogP contribution is 2.38. The van der Waals surface area contributed by atoms with Crippen molar-refractivity contribution < 1.29 is 30.3 Å². The van der Waals surface area contributed by atoms with Gasteiger partial charge in [-0.1, -0.05) is 12.1 Å². The van der Waals surface area contributed by atoms with E-state index in [0.29, 0.717) is 6.42 Å². The van der Waals surface area contributed by atoms with Gasteiger partial charge in [-0.2, -0.15) is 0 Å². The van der Waals surface area contributed by atoms with Gasteiger partial charge in [0.25, 0.3) is 0 Å². The summed E-state index contributed by atoms with van der Waals surface area (Å²) in [6.07, 6.45) is -1.82. The van der Waals surface area contributed by atoms with E-state index in [1.165, 1.54) is 12.1 Å². The lowest BCUT2D eigenvalue weighted by atomic mass is 9.81. The van der Waals surface area contributed by atoms with Gasteiger partial charge in [-0.3, -0.25) is 0 Å². The number of allylic oxidation sites excluding steroid dienone is 1. The van der Waals surface area contributed by atoms with Crippen molar-refractivity contribution in [1.82, 2.24) is 0 Å². The molecule has 6 nitrogen and oxygen atoms in total. The third-order valence-corrected chi connectivity index (χ3v) is 3.80. The fourth-order valence-electron chi connectivity index (χ4n) is 2.53. The van der Waals surface area contributed by atoms with Gasteiger partial charge in [0.15, 0.2) is 0 Å². The molecule has 1 aromatic carbocycles. The molecule has 4 atom stereocenters. The van der Waals surface area contributed by atoms with Crippen LogP contribution in [-0.2, 0) is 16.8 Å². The Morgan fingerprint density at radius 2 is 2.10 bits per heavy atom. The van der Waals surface area contributed by atoms with E-state index in [1.807, 2.05) is 0 Å². The Balaban J connectivity index is 2.39. The van der Waals surface area contributed by atoms with Crippen molar-refractivity contribution in [3.63, 3.8) is 0 Å². The van der Waals surface area contributed by atoms with E-state index in [2.05, 4.69) is 6.58 Å². The van der Waals surface area contributed by atoms with E-state index in [9.17, 15) is 20.4 Å². The summed E-state index contributed by atoms with van der Waals surface area (Å²) in [5.74, 6) is -0.206. The summed E-state index contributed by atoms with van der Waals surface area (Å²) in [5.41, 5.74) is -1.09. The topological polar surface area (TPSA) is 110 Å². The molecule has 116 valence electrons. The van der Waals surface area contributed by atoms with Crippen LogP contribution in [-0.4, -0.2) is 57.1 Å². The molecule has 1 aliphatic rings. The molecule has 21 heavy (non-hydrogen) atoms. The molecular weight excluding hydrogens is 276 g/mol. The predicted molar refractivity (Wildman–Crippen MR) is 74.7 cm³/mol. The number of rotatable bonds is 4. The van der Waals surface area contributed by atoms with Gasteiger partial charge in [-0.05, 0) is 24.1 Å². The number of aliphatic hydroxyl groups excluding tert-OH is 3. The smallest absolute Gasteiger partial charge is 0.145 e. The second-order valence-corrected chi connectivity index (χ2v) is 5.24. The molecule has 0 bridgehead atoms. The van der Waals surface area contributed by atoms with Crippen LogP contribution in [0.3, 0.4) is 0 Å². The monoisotopic (exact) mass is 296 g/mol. The fraction of sp³-hybridized carbons (Fsp3) is 0.467. The minimum absolute atomic E-state index is 0.0739. The number of phenolic OH excluding ortho intramolecular Hbond substituents is 1. The first kappa shape index (κ1) is 15.9. The van der Waals surface area contributed by atoms with Gasteiger partial charge in [-0.15, -0.1) is 6.58 Å². The Labute approximate surface area is 122 Å². The van der Waals surface area contributed by atoms with E-state index in [1.54, 1.807) is 12.1 Å². The summed E-state index contributed by atoms with van der Waals surface area (Å²) in [4.78, 5) is 0. The summed E-state index contributed by atoms with van der Waals surface area (Å²) in [7, 11) is 0. The number of hydrogen-bond acceptors (Lipinski definition) is 6. The number of phenols is 1. The maximum Gasteiger partial charge on any atom is 0.145 e. The van der Waals surface area contributed by atoms with Crippen LogP contribution >= 0.6 is 0 Å². The van der Waals surface area contributed by atoms with Crippen molar-refractivity contribution in [3.05, 3.63) is 42.0 Å². The number of benzene rings is 1. The molecule has 5 N–H and O–H groups in total. The van der Waals surface area contributed by atoms with Crippen molar-refractivity contribution in [2.24, 2.45) is 0 Å². The average molecular weight is 296 g/mol. The molecule has 0 aliphatic carbocycles. The van der Waals surface area contributed by atoms with Gasteiger partial charge >= 0.3 is 0 Å². The Morgan fingerprint density at radius 1 is 1.38 bits per heavy atom. The number of aromatic hydroxyl groups is 1. The van der Waals surface area contributed by atoms with Crippen molar-refractivity contribution in [2.75, 3.05) is 13.2 Å².